The van der Waals surface area contributed by atoms with Crippen LogP contribution in [-0.4, -0.2) is 26.4 Å². The van der Waals surface area contributed by atoms with Gasteiger partial charge in [0.2, 0.25) is 5.95 Å². The molecule has 1 atom stereocenters. The molecule has 0 bridgehead atoms. The van der Waals surface area contributed by atoms with Crippen LogP contribution in [0.15, 0.2) is 41.3 Å². The number of nitrogens with two attached hydrogens (primary N) is 1. The van der Waals surface area contributed by atoms with Crippen LogP contribution in [-0.2, 0) is 11.0 Å². The van der Waals surface area contributed by atoms with E-state index in [2.05, 4.69) is 24.8 Å². The van der Waals surface area contributed by atoms with Gasteiger partial charge in [0.25, 0.3) is 5.91 Å². The van der Waals surface area contributed by atoms with Crippen molar-refractivity contribution in [3.8, 4) is 11.5 Å². The average Bonchev–Trinajstić information content (AvgIpc) is 3.09. The number of nitrogens with one attached hydrogen (secondary N) is 2. The Bertz CT molecular complexity index is 1020. The number of halogens is 2. The quantitative estimate of drug-likeness (QED) is 0.643. The van der Waals surface area contributed by atoms with E-state index in [1.54, 1.807) is 6.07 Å². The van der Waals surface area contributed by atoms with Gasteiger partial charge in [-0.05, 0) is 18.2 Å². The lowest BCUT2D eigenvalue weighted by Gasteiger charge is -2.04. The predicted octanol–water partition coefficient (Wildman–Crippen LogP) is 2.12. The molecule has 1 amide bonds. The molecule has 0 fully saturated rings. The second kappa shape index (κ2) is 5.75. The highest BCUT2D eigenvalue weighted by molar-refractivity contribution is 7.82. The van der Waals surface area contributed by atoms with Crippen molar-refractivity contribution in [1.82, 2.24) is 9.97 Å². The van der Waals surface area contributed by atoms with Gasteiger partial charge in [0.1, 0.15) is 11.0 Å². The minimum Gasteiger partial charge on any atom is -0.395 e. The Balaban J connectivity index is 1.59. The van der Waals surface area contributed by atoms with Crippen molar-refractivity contribution < 1.29 is 27.3 Å². The highest BCUT2D eigenvalue weighted by Crippen LogP contribution is 2.42. The van der Waals surface area contributed by atoms with E-state index >= 15 is 0 Å². The van der Waals surface area contributed by atoms with E-state index < -0.39 is 23.2 Å². The normalized spacial score (nSPS) is 15.8. The van der Waals surface area contributed by atoms with Crippen LogP contribution in [0.25, 0.3) is 11.0 Å². The number of hydrogen-bond donors (Lipinski definition) is 3. The lowest BCUT2D eigenvalue weighted by molar-refractivity contribution is -0.286. The number of aromatic amines is 1. The number of ether oxygens (including phenoxy) is 2. The van der Waals surface area contributed by atoms with Crippen molar-refractivity contribution in [3.05, 3.63) is 42.0 Å². The number of nitrogens with zero attached hydrogens (tertiary/aromatic N) is 1. The van der Waals surface area contributed by atoms with Crippen molar-refractivity contribution in [1.29, 1.82) is 0 Å². The van der Waals surface area contributed by atoms with E-state index in [1.165, 1.54) is 30.3 Å². The van der Waals surface area contributed by atoms with Gasteiger partial charge in [-0.2, -0.15) is 0 Å². The Labute approximate surface area is 146 Å². The number of fused-ring (bicyclic) bond motifs is 2. The number of amides is 1. The number of imidazole rings is 1. The smallest absolute Gasteiger partial charge is 0.395 e. The van der Waals surface area contributed by atoms with Crippen molar-refractivity contribution in [2.24, 2.45) is 5.14 Å². The van der Waals surface area contributed by atoms with Crippen LogP contribution < -0.4 is 19.9 Å². The van der Waals surface area contributed by atoms with Gasteiger partial charge < -0.3 is 14.5 Å². The van der Waals surface area contributed by atoms with Gasteiger partial charge in [0.15, 0.2) is 11.5 Å². The zero-order valence-electron chi connectivity index (χ0n) is 12.8. The number of carbonyl (C=O) groups is 1. The fourth-order valence-corrected chi connectivity index (χ4v) is 2.91. The average molecular weight is 380 g/mol. The summed E-state index contributed by atoms with van der Waals surface area (Å²) in [7, 11) is -1.71. The summed E-state index contributed by atoms with van der Waals surface area (Å²) in [5.74, 6) is -0.699. The highest BCUT2D eigenvalue weighted by Gasteiger charge is 2.43. The maximum atomic E-state index is 13.1. The van der Waals surface area contributed by atoms with Gasteiger partial charge in [-0.15, -0.1) is 8.78 Å². The number of H-pyrrole nitrogens is 1. The zero-order chi connectivity index (χ0) is 18.5. The summed E-state index contributed by atoms with van der Waals surface area (Å²) < 4.78 is 46.1. The van der Waals surface area contributed by atoms with Gasteiger partial charge in [-0.1, -0.05) is 6.07 Å². The van der Waals surface area contributed by atoms with Crippen LogP contribution in [0.1, 0.15) is 10.4 Å². The first-order valence-electron chi connectivity index (χ1n) is 7.18. The van der Waals surface area contributed by atoms with E-state index in [1.807, 2.05) is 0 Å². The summed E-state index contributed by atoms with van der Waals surface area (Å²) in [4.78, 5) is 19.5. The number of carbonyl (C=O) groups excluding carboxylic acids is 1. The molecule has 1 aliphatic heterocycles. The Morgan fingerprint density at radius 1 is 1.23 bits per heavy atom. The van der Waals surface area contributed by atoms with E-state index in [0.717, 1.165) is 0 Å². The third kappa shape index (κ3) is 2.97. The van der Waals surface area contributed by atoms with E-state index in [4.69, 9.17) is 5.14 Å². The Morgan fingerprint density at radius 3 is 2.69 bits per heavy atom. The molecule has 4 N–H and O–H groups in total. The van der Waals surface area contributed by atoms with Crippen LogP contribution >= 0.6 is 0 Å². The molecule has 2 aromatic carbocycles. The van der Waals surface area contributed by atoms with Crippen LogP contribution in [0, 0.1) is 0 Å². The molecule has 0 aliphatic carbocycles. The summed E-state index contributed by atoms with van der Waals surface area (Å²) in [5, 5.41) is 7.83. The van der Waals surface area contributed by atoms with Gasteiger partial charge in [-0.25, -0.2) is 14.3 Å². The van der Waals surface area contributed by atoms with Crippen molar-refractivity contribution in [3.63, 3.8) is 0 Å². The third-order valence-electron chi connectivity index (χ3n) is 3.57. The summed E-state index contributed by atoms with van der Waals surface area (Å²) in [6, 6.07) is 8.57. The maximum Gasteiger partial charge on any atom is 0.586 e. The highest BCUT2D eigenvalue weighted by atomic mass is 32.2. The number of aromatic nitrogens is 2. The van der Waals surface area contributed by atoms with Gasteiger partial charge >= 0.3 is 6.29 Å². The molecule has 0 spiro atoms. The number of rotatable bonds is 3. The number of anilines is 1. The lowest BCUT2D eigenvalue weighted by Crippen LogP contribution is -2.25. The molecule has 1 aliphatic rings. The molecule has 26 heavy (non-hydrogen) atoms. The number of benzene rings is 2. The minimum absolute atomic E-state index is 0.0970. The molecule has 8 nitrogen and oxygen atoms in total. The van der Waals surface area contributed by atoms with Crippen LogP contribution in [0.3, 0.4) is 0 Å². The molecular weight excluding hydrogens is 370 g/mol. The molecule has 0 saturated carbocycles. The van der Waals surface area contributed by atoms with Crippen LogP contribution in [0.4, 0.5) is 14.7 Å². The Hall–Kier alpha value is -3.05. The second-order valence-electron chi connectivity index (χ2n) is 5.35. The molecule has 134 valence electrons. The van der Waals surface area contributed by atoms with E-state index in [0.29, 0.717) is 15.9 Å². The molecule has 1 unspecified atom stereocenters. The molecule has 11 heteroatoms. The Kier molecular flexibility index (Phi) is 3.63. The molecule has 4 rings (SSSR count). The lowest BCUT2D eigenvalue weighted by atomic mass is 10.2. The van der Waals surface area contributed by atoms with E-state index in [-0.39, 0.29) is 23.0 Å². The first kappa shape index (κ1) is 16.4. The van der Waals surface area contributed by atoms with E-state index in [9.17, 15) is 17.8 Å². The van der Waals surface area contributed by atoms with Crippen LogP contribution in [0.2, 0.25) is 0 Å². The molecule has 3 aromatic rings. The summed E-state index contributed by atoms with van der Waals surface area (Å²) in [6.07, 6.45) is -3.72. The molecule has 1 aromatic heterocycles. The largest absolute Gasteiger partial charge is 0.586 e. The van der Waals surface area contributed by atoms with Crippen molar-refractivity contribution in [2.45, 2.75) is 11.2 Å². The number of alkyl halides is 2. The SMILES string of the molecule is NS(=O)c1cccc(C(=O)Nc2nc3cc4c(cc3[nH]2)OC(F)(F)O4)c1. The molecule has 2 heterocycles. The minimum atomic E-state index is -3.72. The molecule has 0 radical (unpaired) electrons. The van der Waals surface area contributed by atoms with Crippen molar-refractivity contribution in [2.75, 3.05) is 5.32 Å². The van der Waals surface area contributed by atoms with Crippen molar-refractivity contribution >= 4 is 33.9 Å². The molecular formula is C15H10F2N4O4S. The Morgan fingerprint density at radius 2 is 1.96 bits per heavy atom. The predicted molar refractivity (Wildman–Crippen MR) is 87.3 cm³/mol. The summed E-state index contributed by atoms with van der Waals surface area (Å²) in [5.41, 5.74) is 0.907. The zero-order valence-corrected chi connectivity index (χ0v) is 13.6. The monoisotopic (exact) mass is 380 g/mol. The standard InChI is InChI=1S/C15H10F2N4O4S/c16-15(17)24-11-5-9-10(6-12(11)25-15)20-14(19-9)21-13(22)7-2-1-3-8(4-7)26(18)23/h1-6H,18H2,(H2,19,20,21,22). The maximum absolute atomic E-state index is 13.1. The number of hydrogen-bond acceptors (Lipinski definition) is 5. The van der Waals surface area contributed by atoms with Crippen LogP contribution in [0.5, 0.6) is 11.5 Å². The fraction of sp³-hybridized carbons (Fsp3) is 0.0667. The fourth-order valence-electron chi connectivity index (χ4n) is 2.46. The van der Waals surface area contributed by atoms with Gasteiger partial charge in [0.05, 0.1) is 15.9 Å². The second-order valence-corrected chi connectivity index (χ2v) is 6.41. The molecule has 0 saturated heterocycles. The summed E-state index contributed by atoms with van der Waals surface area (Å²) in [6.45, 7) is 0. The topological polar surface area (TPSA) is 119 Å². The first-order valence-corrected chi connectivity index (χ1v) is 8.39. The third-order valence-corrected chi connectivity index (χ3v) is 4.28. The van der Waals surface area contributed by atoms with Gasteiger partial charge in [0, 0.05) is 17.7 Å². The first-order chi connectivity index (χ1) is 12.3. The van der Waals surface area contributed by atoms with Gasteiger partial charge in [-0.3, -0.25) is 10.1 Å². The summed E-state index contributed by atoms with van der Waals surface area (Å²) >= 11 is 0.